The SMILES string of the molecule is CN(C)[C@@H](CNC(=O)c1ccccc1N)c1cccs1. The molecule has 4 nitrogen and oxygen atoms in total. The first kappa shape index (κ1) is 14.6. The molecule has 106 valence electrons. The summed E-state index contributed by atoms with van der Waals surface area (Å²) in [5.74, 6) is -0.133. The highest BCUT2D eigenvalue weighted by atomic mass is 32.1. The van der Waals surface area contributed by atoms with Crippen LogP contribution in [-0.4, -0.2) is 31.4 Å². The van der Waals surface area contributed by atoms with E-state index in [4.69, 9.17) is 5.73 Å². The zero-order chi connectivity index (χ0) is 14.5. The number of likely N-dealkylation sites (N-methyl/N-ethyl adjacent to an activating group) is 1. The summed E-state index contributed by atoms with van der Waals surface area (Å²) in [7, 11) is 4.01. The molecule has 0 saturated heterocycles. The van der Waals surface area contributed by atoms with Crippen LogP contribution in [0.3, 0.4) is 0 Å². The Balaban J connectivity index is 2.03. The molecule has 5 heteroatoms. The van der Waals surface area contributed by atoms with Crippen molar-refractivity contribution in [1.82, 2.24) is 10.2 Å². The molecular weight excluding hydrogens is 270 g/mol. The summed E-state index contributed by atoms with van der Waals surface area (Å²) < 4.78 is 0. The van der Waals surface area contributed by atoms with Crippen LogP contribution in [0.1, 0.15) is 21.3 Å². The maximum absolute atomic E-state index is 12.2. The van der Waals surface area contributed by atoms with Crippen LogP contribution in [0.2, 0.25) is 0 Å². The van der Waals surface area contributed by atoms with Gasteiger partial charge in [0.2, 0.25) is 0 Å². The highest BCUT2D eigenvalue weighted by Crippen LogP contribution is 2.22. The summed E-state index contributed by atoms with van der Waals surface area (Å²) in [5.41, 5.74) is 6.84. The molecule has 0 fully saturated rings. The molecule has 2 aromatic rings. The molecule has 0 saturated carbocycles. The van der Waals surface area contributed by atoms with Crippen molar-refractivity contribution in [2.24, 2.45) is 0 Å². The van der Waals surface area contributed by atoms with Gasteiger partial charge in [0, 0.05) is 17.1 Å². The lowest BCUT2D eigenvalue weighted by Crippen LogP contribution is -2.34. The third kappa shape index (κ3) is 3.37. The Morgan fingerprint density at radius 2 is 2.05 bits per heavy atom. The van der Waals surface area contributed by atoms with E-state index >= 15 is 0 Å². The standard InChI is InChI=1S/C15H19N3OS/c1-18(2)13(14-8-5-9-20-14)10-17-15(19)11-6-3-4-7-12(11)16/h3-9,13H,10,16H2,1-2H3,(H,17,19)/t13-/m0/s1. The second-order valence-electron chi connectivity index (χ2n) is 4.79. The zero-order valence-corrected chi connectivity index (χ0v) is 12.5. The normalized spacial score (nSPS) is 12.3. The number of nitrogens with two attached hydrogens (primary N) is 1. The first-order valence-electron chi connectivity index (χ1n) is 6.42. The monoisotopic (exact) mass is 289 g/mol. The molecule has 1 amide bonds. The van der Waals surface area contributed by atoms with Crippen molar-refractivity contribution < 1.29 is 4.79 Å². The number of anilines is 1. The molecule has 0 unspecified atom stereocenters. The molecule has 0 spiro atoms. The lowest BCUT2D eigenvalue weighted by molar-refractivity contribution is 0.0943. The molecule has 0 aliphatic heterocycles. The van der Waals surface area contributed by atoms with Crippen LogP contribution >= 0.6 is 11.3 Å². The number of carbonyl (C=O) groups excluding carboxylic acids is 1. The van der Waals surface area contributed by atoms with Gasteiger partial charge in [-0.2, -0.15) is 0 Å². The molecule has 0 bridgehead atoms. The third-order valence-corrected chi connectivity index (χ3v) is 4.13. The van der Waals surface area contributed by atoms with Crippen LogP contribution < -0.4 is 11.1 Å². The lowest BCUT2D eigenvalue weighted by Gasteiger charge is -2.23. The van der Waals surface area contributed by atoms with Gasteiger partial charge in [-0.05, 0) is 37.7 Å². The molecule has 1 heterocycles. The third-order valence-electron chi connectivity index (χ3n) is 3.16. The number of nitrogens with one attached hydrogen (secondary N) is 1. The maximum atomic E-state index is 12.2. The van der Waals surface area contributed by atoms with Gasteiger partial charge in [0.1, 0.15) is 0 Å². The Labute approximate surface area is 123 Å². The Kier molecular flexibility index (Phi) is 4.76. The average Bonchev–Trinajstić information content (AvgIpc) is 2.92. The van der Waals surface area contributed by atoms with Gasteiger partial charge in [0.25, 0.3) is 5.91 Å². The molecule has 0 radical (unpaired) electrons. The molecule has 1 atom stereocenters. The number of amides is 1. The summed E-state index contributed by atoms with van der Waals surface area (Å²) in [4.78, 5) is 15.5. The van der Waals surface area contributed by atoms with Crippen LogP contribution in [0.5, 0.6) is 0 Å². The van der Waals surface area contributed by atoms with E-state index in [9.17, 15) is 4.79 Å². The number of benzene rings is 1. The summed E-state index contributed by atoms with van der Waals surface area (Å²) in [5, 5.41) is 5.00. The molecule has 1 aromatic heterocycles. The number of nitrogens with zero attached hydrogens (tertiary/aromatic N) is 1. The predicted molar refractivity (Wildman–Crippen MR) is 83.9 cm³/mol. The molecular formula is C15H19N3OS. The zero-order valence-electron chi connectivity index (χ0n) is 11.7. The topological polar surface area (TPSA) is 58.4 Å². The van der Waals surface area contributed by atoms with E-state index in [1.54, 1.807) is 23.5 Å². The molecule has 0 aliphatic rings. The van der Waals surface area contributed by atoms with Gasteiger partial charge in [-0.3, -0.25) is 4.79 Å². The molecule has 1 aromatic carbocycles. The number of hydrogen-bond acceptors (Lipinski definition) is 4. The second-order valence-corrected chi connectivity index (χ2v) is 5.77. The largest absolute Gasteiger partial charge is 0.398 e. The Bertz CT molecular complexity index is 566. The van der Waals surface area contributed by atoms with Crippen molar-refractivity contribution in [2.45, 2.75) is 6.04 Å². The summed E-state index contributed by atoms with van der Waals surface area (Å²) in [6.07, 6.45) is 0. The number of para-hydroxylation sites is 1. The van der Waals surface area contributed by atoms with E-state index in [2.05, 4.69) is 16.3 Å². The van der Waals surface area contributed by atoms with E-state index < -0.39 is 0 Å². The first-order chi connectivity index (χ1) is 9.59. The van der Waals surface area contributed by atoms with E-state index in [0.717, 1.165) is 0 Å². The van der Waals surface area contributed by atoms with E-state index in [-0.39, 0.29) is 11.9 Å². The van der Waals surface area contributed by atoms with E-state index in [1.165, 1.54) is 4.88 Å². The van der Waals surface area contributed by atoms with Gasteiger partial charge in [0.15, 0.2) is 0 Å². The lowest BCUT2D eigenvalue weighted by atomic mass is 10.1. The Morgan fingerprint density at radius 3 is 2.65 bits per heavy atom. The van der Waals surface area contributed by atoms with Crippen LogP contribution in [0.15, 0.2) is 41.8 Å². The summed E-state index contributed by atoms with van der Waals surface area (Å²) in [6, 6.07) is 11.4. The Morgan fingerprint density at radius 1 is 1.30 bits per heavy atom. The predicted octanol–water partition coefficient (Wildman–Crippen LogP) is 2.36. The smallest absolute Gasteiger partial charge is 0.253 e. The molecule has 0 aliphatic carbocycles. The van der Waals surface area contributed by atoms with Crippen molar-refractivity contribution in [1.29, 1.82) is 0 Å². The Hall–Kier alpha value is -1.85. The minimum absolute atomic E-state index is 0.133. The first-order valence-corrected chi connectivity index (χ1v) is 7.30. The number of carbonyl (C=O) groups is 1. The minimum Gasteiger partial charge on any atom is -0.398 e. The van der Waals surface area contributed by atoms with Crippen molar-refractivity contribution in [2.75, 3.05) is 26.4 Å². The van der Waals surface area contributed by atoms with Gasteiger partial charge in [-0.15, -0.1) is 11.3 Å². The number of rotatable bonds is 5. The van der Waals surface area contributed by atoms with E-state index in [0.29, 0.717) is 17.8 Å². The van der Waals surface area contributed by atoms with Crippen molar-refractivity contribution in [3.63, 3.8) is 0 Å². The fourth-order valence-corrected chi connectivity index (χ4v) is 2.93. The van der Waals surface area contributed by atoms with Crippen molar-refractivity contribution in [3.05, 3.63) is 52.2 Å². The fourth-order valence-electron chi connectivity index (χ4n) is 2.01. The van der Waals surface area contributed by atoms with Crippen LogP contribution in [0.4, 0.5) is 5.69 Å². The summed E-state index contributed by atoms with van der Waals surface area (Å²) >= 11 is 1.69. The van der Waals surface area contributed by atoms with Gasteiger partial charge >= 0.3 is 0 Å². The van der Waals surface area contributed by atoms with Crippen molar-refractivity contribution >= 4 is 22.9 Å². The van der Waals surface area contributed by atoms with Gasteiger partial charge < -0.3 is 16.0 Å². The highest BCUT2D eigenvalue weighted by molar-refractivity contribution is 7.10. The maximum Gasteiger partial charge on any atom is 0.253 e. The number of hydrogen-bond donors (Lipinski definition) is 2. The molecule has 3 N–H and O–H groups in total. The van der Waals surface area contributed by atoms with E-state index in [1.807, 2.05) is 37.7 Å². The molecule has 2 rings (SSSR count). The molecule has 20 heavy (non-hydrogen) atoms. The van der Waals surface area contributed by atoms with Gasteiger partial charge in [-0.1, -0.05) is 18.2 Å². The van der Waals surface area contributed by atoms with Crippen LogP contribution in [0, 0.1) is 0 Å². The number of thiophene rings is 1. The number of nitrogen functional groups attached to an aromatic ring is 1. The van der Waals surface area contributed by atoms with Crippen LogP contribution in [0.25, 0.3) is 0 Å². The quantitative estimate of drug-likeness (QED) is 0.831. The van der Waals surface area contributed by atoms with Crippen LogP contribution in [-0.2, 0) is 0 Å². The van der Waals surface area contributed by atoms with Gasteiger partial charge in [-0.25, -0.2) is 0 Å². The minimum atomic E-state index is -0.133. The van der Waals surface area contributed by atoms with Crippen molar-refractivity contribution in [3.8, 4) is 0 Å². The highest BCUT2D eigenvalue weighted by Gasteiger charge is 2.17. The summed E-state index contributed by atoms with van der Waals surface area (Å²) in [6.45, 7) is 0.556. The van der Waals surface area contributed by atoms with Gasteiger partial charge in [0.05, 0.1) is 11.6 Å². The second kappa shape index (κ2) is 6.54. The average molecular weight is 289 g/mol. The fraction of sp³-hybridized carbons (Fsp3) is 0.267.